The van der Waals surface area contributed by atoms with Crippen LogP contribution in [0.2, 0.25) is 5.02 Å². The van der Waals surface area contributed by atoms with Gasteiger partial charge in [-0.25, -0.2) is 4.79 Å². The van der Waals surface area contributed by atoms with Crippen molar-refractivity contribution < 1.29 is 9.90 Å². The summed E-state index contributed by atoms with van der Waals surface area (Å²) in [7, 11) is 0. The van der Waals surface area contributed by atoms with E-state index in [9.17, 15) is 9.90 Å². The Bertz CT molecular complexity index is 643. The second-order valence-corrected chi connectivity index (χ2v) is 5.68. The first-order chi connectivity index (χ1) is 9.65. The van der Waals surface area contributed by atoms with Crippen LogP contribution < -0.4 is 0 Å². The van der Waals surface area contributed by atoms with Crippen molar-refractivity contribution in [1.82, 2.24) is 0 Å². The maximum atomic E-state index is 11.3. The Morgan fingerprint density at radius 3 is 2.35 bits per heavy atom. The second-order valence-electron chi connectivity index (χ2n) is 5.24. The lowest BCUT2D eigenvalue weighted by atomic mass is 9.80. The molecule has 102 valence electrons. The normalized spacial score (nSPS) is 14.8. The molecular formula is C17H15ClO2. The predicted molar refractivity (Wildman–Crippen MR) is 80.4 cm³/mol. The van der Waals surface area contributed by atoms with Gasteiger partial charge in [-0.3, -0.25) is 0 Å². The molecule has 1 aliphatic rings. The van der Waals surface area contributed by atoms with E-state index in [1.54, 1.807) is 18.2 Å². The zero-order valence-electron chi connectivity index (χ0n) is 11.0. The van der Waals surface area contributed by atoms with Crippen LogP contribution in [0, 0.1) is 0 Å². The van der Waals surface area contributed by atoms with Crippen LogP contribution in [-0.2, 0) is 0 Å². The van der Waals surface area contributed by atoms with Crippen LogP contribution in [-0.4, -0.2) is 11.1 Å². The van der Waals surface area contributed by atoms with Crippen LogP contribution in [0.5, 0.6) is 0 Å². The molecule has 3 rings (SSSR count). The molecule has 2 nitrogen and oxygen atoms in total. The van der Waals surface area contributed by atoms with E-state index in [-0.39, 0.29) is 5.56 Å². The molecule has 0 aromatic heterocycles. The molecule has 1 aliphatic carbocycles. The Hall–Kier alpha value is -1.80. The van der Waals surface area contributed by atoms with Gasteiger partial charge in [-0.05, 0) is 53.6 Å². The molecule has 1 fully saturated rings. The number of hydrogen-bond donors (Lipinski definition) is 1. The van der Waals surface area contributed by atoms with Crippen molar-refractivity contribution in [1.29, 1.82) is 0 Å². The van der Waals surface area contributed by atoms with E-state index in [2.05, 4.69) is 12.1 Å². The number of carbonyl (C=O) groups is 1. The van der Waals surface area contributed by atoms with Gasteiger partial charge in [0.2, 0.25) is 0 Å². The molecule has 20 heavy (non-hydrogen) atoms. The summed E-state index contributed by atoms with van der Waals surface area (Å²) in [4.78, 5) is 11.3. The van der Waals surface area contributed by atoms with Crippen molar-refractivity contribution in [2.45, 2.75) is 25.2 Å². The second kappa shape index (κ2) is 5.29. The molecular weight excluding hydrogens is 272 g/mol. The van der Waals surface area contributed by atoms with Gasteiger partial charge in [0.1, 0.15) is 0 Å². The molecule has 0 heterocycles. The zero-order chi connectivity index (χ0) is 14.1. The van der Waals surface area contributed by atoms with Gasteiger partial charge < -0.3 is 5.11 Å². The maximum Gasteiger partial charge on any atom is 0.336 e. The summed E-state index contributed by atoms with van der Waals surface area (Å²) in [5, 5.41) is 9.81. The highest BCUT2D eigenvalue weighted by Crippen LogP contribution is 2.37. The third-order valence-corrected chi connectivity index (χ3v) is 4.25. The van der Waals surface area contributed by atoms with E-state index in [4.69, 9.17) is 11.6 Å². The van der Waals surface area contributed by atoms with E-state index in [0.717, 1.165) is 5.56 Å². The average molecular weight is 287 g/mol. The highest BCUT2D eigenvalue weighted by molar-refractivity contribution is 6.31. The summed E-state index contributed by atoms with van der Waals surface area (Å²) >= 11 is 5.99. The molecule has 2 aromatic rings. The molecule has 0 aliphatic heterocycles. The maximum absolute atomic E-state index is 11.3. The first kappa shape index (κ1) is 13.2. The SMILES string of the molecule is O=C(O)c1ccc(Cl)cc1-c1ccc(C2CCC2)cc1. The minimum absolute atomic E-state index is 0.283. The lowest BCUT2D eigenvalue weighted by molar-refractivity contribution is 0.0698. The number of hydrogen-bond acceptors (Lipinski definition) is 1. The Kier molecular flexibility index (Phi) is 3.49. The van der Waals surface area contributed by atoms with E-state index >= 15 is 0 Å². The van der Waals surface area contributed by atoms with Gasteiger partial charge in [-0.15, -0.1) is 0 Å². The quantitative estimate of drug-likeness (QED) is 0.864. The molecule has 0 radical (unpaired) electrons. The van der Waals surface area contributed by atoms with Gasteiger partial charge in [-0.1, -0.05) is 42.3 Å². The molecule has 3 heteroatoms. The number of halogens is 1. The number of carboxylic acid groups (broad SMARTS) is 1. The lowest BCUT2D eigenvalue weighted by Gasteiger charge is -2.25. The van der Waals surface area contributed by atoms with Crippen molar-refractivity contribution in [2.75, 3.05) is 0 Å². The number of carboxylic acids is 1. The van der Waals surface area contributed by atoms with Crippen molar-refractivity contribution in [2.24, 2.45) is 0 Å². The zero-order valence-corrected chi connectivity index (χ0v) is 11.7. The van der Waals surface area contributed by atoms with Crippen LogP contribution in [0.15, 0.2) is 42.5 Å². The van der Waals surface area contributed by atoms with Crippen LogP contribution in [0.4, 0.5) is 0 Å². The van der Waals surface area contributed by atoms with Crippen molar-refractivity contribution >= 4 is 17.6 Å². The third-order valence-electron chi connectivity index (χ3n) is 4.01. The minimum Gasteiger partial charge on any atom is -0.478 e. The van der Waals surface area contributed by atoms with E-state index in [1.165, 1.54) is 24.8 Å². The molecule has 0 amide bonds. The summed E-state index contributed by atoms with van der Waals surface area (Å²) in [6.07, 6.45) is 3.83. The molecule has 1 saturated carbocycles. The van der Waals surface area contributed by atoms with Gasteiger partial charge in [-0.2, -0.15) is 0 Å². The first-order valence-electron chi connectivity index (χ1n) is 6.78. The van der Waals surface area contributed by atoms with Crippen LogP contribution >= 0.6 is 11.6 Å². The van der Waals surface area contributed by atoms with E-state index in [0.29, 0.717) is 16.5 Å². The summed E-state index contributed by atoms with van der Waals surface area (Å²) in [6, 6.07) is 13.1. The van der Waals surface area contributed by atoms with Gasteiger partial charge in [0.05, 0.1) is 5.56 Å². The van der Waals surface area contributed by atoms with E-state index < -0.39 is 5.97 Å². The topological polar surface area (TPSA) is 37.3 Å². The molecule has 0 spiro atoms. The average Bonchev–Trinajstić information content (AvgIpc) is 2.37. The number of rotatable bonds is 3. The Labute approximate surface area is 123 Å². The predicted octanol–water partition coefficient (Wildman–Crippen LogP) is 4.97. The van der Waals surface area contributed by atoms with Crippen LogP contribution in [0.3, 0.4) is 0 Å². The first-order valence-corrected chi connectivity index (χ1v) is 7.16. The van der Waals surface area contributed by atoms with E-state index in [1.807, 2.05) is 12.1 Å². The highest BCUT2D eigenvalue weighted by atomic mass is 35.5. The molecule has 0 unspecified atom stereocenters. The third kappa shape index (κ3) is 2.44. The Morgan fingerprint density at radius 1 is 1.10 bits per heavy atom. The van der Waals surface area contributed by atoms with Gasteiger partial charge >= 0.3 is 5.97 Å². The lowest BCUT2D eigenvalue weighted by Crippen LogP contribution is -2.08. The fourth-order valence-corrected chi connectivity index (χ4v) is 2.79. The number of aromatic carboxylic acids is 1. The smallest absolute Gasteiger partial charge is 0.336 e. The van der Waals surface area contributed by atoms with Gasteiger partial charge in [0.15, 0.2) is 0 Å². The minimum atomic E-state index is -0.931. The standard InChI is InChI=1S/C17H15ClO2/c18-14-8-9-15(17(19)20)16(10-14)13-6-4-12(5-7-13)11-2-1-3-11/h4-11H,1-3H2,(H,19,20). The molecule has 0 atom stereocenters. The Balaban J connectivity index is 1.99. The summed E-state index contributed by atoms with van der Waals surface area (Å²) in [6.45, 7) is 0. The monoisotopic (exact) mass is 286 g/mol. The van der Waals surface area contributed by atoms with Gasteiger partial charge in [0.25, 0.3) is 0 Å². The largest absolute Gasteiger partial charge is 0.478 e. The molecule has 1 N–H and O–H groups in total. The number of benzene rings is 2. The summed E-state index contributed by atoms with van der Waals surface area (Å²) in [5.74, 6) is -0.248. The fourth-order valence-electron chi connectivity index (χ4n) is 2.62. The fraction of sp³-hybridized carbons (Fsp3) is 0.235. The van der Waals surface area contributed by atoms with Crippen molar-refractivity contribution in [3.63, 3.8) is 0 Å². The van der Waals surface area contributed by atoms with Crippen molar-refractivity contribution in [3.05, 3.63) is 58.6 Å². The highest BCUT2D eigenvalue weighted by Gasteiger charge is 2.19. The van der Waals surface area contributed by atoms with Crippen LogP contribution in [0.25, 0.3) is 11.1 Å². The van der Waals surface area contributed by atoms with Crippen LogP contribution in [0.1, 0.15) is 41.1 Å². The van der Waals surface area contributed by atoms with Gasteiger partial charge in [0, 0.05) is 5.02 Å². The molecule has 0 saturated heterocycles. The Morgan fingerprint density at radius 2 is 1.80 bits per heavy atom. The summed E-state index contributed by atoms with van der Waals surface area (Å²) < 4.78 is 0. The van der Waals surface area contributed by atoms with Crippen molar-refractivity contribution in [3.8, 4) is 11.1 Å². The molecule has 0 bridgehead atoms. The summed E-state index contributed by atoms with van der Waals surface area (Å²) in [5.41, 5.74) is 3.20. The molecule has 2 aromatic carbocycles.